The van der Waals surface area contributed by atoms with Crippen molar-refractivity contribution >= 4 is 6.09 Å². The largest absolute Gasteiger partial charge is 0.434 e. The van der Waals surface area contributed by atoms with Crippen LogP contribution in [0, 0.1) is 5.92 Å². The van der Waals surface area contributed by atoms with Crippen molar-refractivity contribution in [3.8, 4) is 5.75 Å². The Morgan fingerprint density at radius 1 is 1.29 bits per heavy atom. The lowest BCUT2D eigenvalue weighted by molar-refractivity contribution is 0.198. The average molecular weight is 232 g/mol. The van der Waals surface area contributed by atoms with Gasteiger partial charge in [-0.05, 0) is 30.9 Å². The molecule has 3 nitrogen and oxygen atoms in total. The Hall–Kier alpha value is -1.51. The summed E-state index contributed by atoms with van der Waals surface area (Å²) in [5.41, 5.74) is 0. The molecule has 0 heterocycles. The van der Waals surface area contributed by atoms with Gasteiger partial charge in [-0.1, -0.05) is 37.5 Å². The minimum Gasteiger partial charge on any atom is -0.409 e. The molecule has 1 fully saturated rings. The zero-order valence-corrected chi connectivity index (χ0v) is 9.97. The molecule has 0 N–H and O–H groups in total. The van der Waals surface area contributed by atoms with E-state index < -0.39 is 6.09 Å². The van der Waals surface area contributed by atoms with Gasteiger partial charge in [-0.25, -0.2) is 10.1 Å². The first-order valence-electron chi connectivity index (χ1n) is 6.29. The minimum atomic E-state index is -0.482. The first-order chi connectivity index (χ1) is 8.34. The number of rotatable bonds is 5. The number of para-hydroxylation sites is 1. The van der Waals surface area contributed by atoms with E-state index >= 15 is 0 Å². The van der Waals surface area contributed by atoms with Crippen LogP contribution in [0.3, 0.4) is 0 Å². The SMILES string of the molecule is O=C([N]CCCC1CCC1)Oc1ccccc1. The Kier molecular flexibility index (Phi) is 4.42. The molecule has 1 aliphatic rings. The van der Waals surface area contributed by atoms with Gasteiger partial charge in [-0.3, -0.25) is 0 Å². The standard InChI is InChI=1S/C14H18NO2/c16-14(17-13-9-2-1-3-10-13)15-11-5-8-12-6-4-7-12/h1-3,9-10,12H,4-8,11H2. The smallest absolute Gasteiger partial charge is 0.409 e. The Morgan fingerprint density at radius 3 is 2.71 bits per heavy atom. The highest BCUT2D eigenvalue weighted by Gasteiger charge is 2.16. The molecule has 1 aliphatic carbocycles. The third kappa shape index (κ3) is 4.10. The zero-order chi connectivity index (χ0) is 11.9. The molecule has 1 amide bonds. The van der Waals surface area contributed by atoms with Crippen LogP contribution in [0.4, 0.5) is 4.79 Å². The molecule has 0 spiro atoms. The van der Waals surface area contributed by atoms with Crippen LogP contribution in [0.1, 0.15) is 32.1 Å². The van der Waals surface area contributed by atoms with Gasteiger partial charge >= 0.3 is 6.09 Å². The maximum Gasteiger partial charge on any atom is 0.434 e. The van der Waals surface area contributed by atoms with Gasteiger partial charge in [-0.2, -0.15) is 0 Å². The lowest BCUT2D eigenvalue weighted by Gasteiger charge is -2.24. The molecule has 91 valence electrons. The van der Waals surface area contributed by atoms with E-state index in [-0.39, 0.29) is 0 Å². The number of carbonyl (C=O) groups is 1. The van der Waals surface area contributed by atoms with Gasteiger partial charge in [0.05, 0.1) is 0 Å². The molecular weight excluding hydrogens is 214 g/mol. The predicted molar refractivity (Wildman–Crippen MR) is 66.0 cm³/mol. The number of hydrogen-bond acceptors (Lipinski definition) is 2. The summed E-state index contributed by atoms with van der Waals surface area (Å²) in [6.07, 6.45) is 5.79. The molecule has 17 heavy (non-hydrogen) atoms. The molecule has 2 rings (SSSR count). The van der Waals surface area contributed by atoms with Crippen molar-refractivity contribution in [1.82, 2.24) is 5.32 Å². The Balaban J connectivity index is 1.57. The third-order valence-corrected chi connectivity index (χ3v) is 3.18. The summed E-state index contributed by atoms with van der Waals surface area (Å²) >= 11 is 0. The fraction of sp³-hybridized carbons (Fsp3) is 0.500. The topological polar surface area (TPSA) is 40.4 Å². The average Bonchev–Trinajstić information content (AvgIpc) is 2.27. The van der Waals surface area contributed by atoms with Crippen molar-refractivity contribution in [1.29, 1.82) is 0 Å². The Morgan fingerprint density at radius 2 is 2.06 bits per heavy atom. The van der Waals surface area contributed by atoms with Crippen LogP contribution in [-0.2, 0) is 0 Å². The van der Waals surface area contributed by atoms with Crippen molar-refractivity contribution in [2.24, 2.45) is 5.92 Å². The molecule has 1 radical (unpaired) electrons. The van der Waals surface area contributed by atoms with E-state index in [1.54, 1.807) is 12.1 Å². The summed E-state index contributed by atoms with van der Waals surface area (Å²) < 4.78 is 5.06. The molecule has 0 bridgehead atoms. The summed E-state index contributed by atoms with van der Waals surface area (Å²) in [7, 11) is 0. The Bertz CT molecular complexity index is 346. The summed E-state index contributed by atoms with van der Waals surface area (Å²) in [5.74, 6) is 1.44. The second kappa shape index (κ2) is 6.28. The van der Waals surface area contributed by atoms with Gasteiger partial charge in [0.1, 0.15) is 5.75 Å². The molecule has 3 heteroatoms. The molecule has 0 aliphatic heterocycles. The fourth-order valence-electron chi connectivity index (χ4n) is 1.95. The quantitative estimate of drug-likeness (QED) is 0.730. The van der Waals surface area contributed by atoms with Crippen LogP contribution in [0.25, 0.3) is 0 Å². The fourth-order valence-corrected chi connectivity index (χ4v) is 1.95. The van der Waals surface area contributed by atoms with Crippen LogP contribution < -0.4 is 10.1 Å². The second-order valence-corrected chi connectivity index (χ2v) is 4.50. The lowest BCUT2D eigenvalue weighted by atomic mass is 9.82. The normalized spacial score (nSPS) is 15.1. The highest BCUT2D eigenvalue weighted by atomic mass is 16.5. The molecule has 1 aromatic rings. The van der Waals surface area contributed by atoms with E-state index in [1.807, 2.05) is 18.2 Å². The molecule has 0 atom stereocenters. The summed E-state index contributed by atoms with van der Waals surface area (Å²) in [6, 6.07) is 9.05. The lowest BCUT2D eigenvalue weighted by Crippen LogP contribution is -2.22. The maximum absolute atomic E-state index is 11.4. The van der Waals surface area contributed by atoms with Gasteiger partial charge in [0.2, 0.25) is 0 Å². The van der Waals surface area contributed by atoms with Crippen LogP contribution in [-0.4, -0.2) is 12.6 Å². The molecule has 0 saturated heterocycles. The number of benzene rings is 1. The number of ether oxygens (including phenoxy) is 1. The number of carbonyl (C=O) groups excluding carboxylic acids is 1. The predicted octanol–water partition coefficient (Wildman–Crippen LogP) is 3.37. The zero-order valence-electron chi connectivity index (χ0n) is 9.97. The summed E-state index contributed by atoms with van der Waals surface area (Å²) in [4.78, 5) is 11.4. The molecular formula is C14H18NO2. The minimum absolute atomic E-state index is 0.482. The number of amides is 1. The van der Waals surface area contributed by atoms with Crippen LogP contribution >= 0.6 is 0 Å². The molecule has 1 saturated carbocycles. The van der Waals surface area contributed by atoms with Crippen molar-refractivity contribution in [3.63, 3.8) is 0 Å². The van der Waals surface area contributed by atoms with Gasteiger partial charge in [0, 0.05) is 6.54 Å². The monoisotopic (exact) mass is 232 g/mol. The van der Waals surface area contributed by atoms with E-state index in [4.69, 9.17) is 4.74 Å². The molecule has 0 aromatic heterocycles. The van der Waals surface area contributed by atoms with Crippen LogP contribution in [0.5, 0.6) is 5.75 Å². The van der Waals surface area contributed by atoms with Gasteiger partial charge in [0.25, 0.3) is 0 Å². The highest BCUT2D eigenvalue weighted by Crippen LogP contribution is 2.30. The van der Waals surface area contributed by atoms with E-state index in [0.717, 1.165) is 12.3 Å². The maximum atomic E-state index is 11.4. The van der Waals surface area contributed by atoms with E-state index in [1.165, 1.54) is 25.7 Å². The highest BCUT2D eigenvalue weighted by molar-refractivity contribution is 5.69. The Labute approximate surface area is 102 Å². The molecule has 1 aromatic carbocycles. The van der Waals surface area contributed by atoms with Crippen molar-refractivity contribution < 1.29 is 9.53 Å². The van der Waals surface area contributed by atoms with E-state index in [9.17, 15) is 4.79 Å². The number of hydrogen-bond donors (Lipinski definition) is 0. The number of nitrogens with zero attached hydrogens (tertiary/aromatic N) is 1. The van der Waals surface area contributed by atoms with Crippen molar-refractivity contribution in [2.75, 3.05) is 6.54 Å². The van der Waals surface area contributed by atoms with Crippen LogP contribution in [0.2, 0.25) is 0 Å². The van der Waals surface area contributed by atoms with E-state index in [0.29, 0.717) is 12.3 Å². The van der Waals surface area contributed by atoms with Crippen LogP contribution in [0.15, 0.2) is 30.3 Å². The van der Waals surface area contributed by atoms with Crippen molar-refractivity contribution in [2.45, 2.75) is 32.1 Å². The molecule has 0 unspecified atom stereocenters. The van der Waals surface area contributed by atoms with Gasteiger partial charge in [-0.15, -0.1) is 0 Å². The first-order valence-corrected chi connectivity index (χ1v) is 6.29. The van der Waals surface area contributed by atoms with Gasteiger partial charge < -0.3 is 4.74 Å². The third-order valence-electron chi connectivity index (χ3n) is 3.18. The second-order valence-electron chi connectivity index (χ2n) is 4.50. The van der Waals surface area contributed by atoms with Gasteiger partial charge in [0.15, 0.2) is 0 Å². The summed E-state index contributed by atoms with van der Waals surface area (Å²) in [6.45, 7) is 0.585. The van der Waals surface area contributed by atoms with E-state index in [2.05, 4.69) is 5.32 Å². The van der Waals surface area contributed by atoms with Crippen molar-refractivity contribution in [3.05, 3.63) is 30.3 Å². The first kappa shape index (κ1) is 12.0. The summed E-state index contributed by atoms with van der Waals surface area (Å²) in [5, 5.41) is 3.89.